The summed E-state index contributed by atoms with van der Waals surface area (Å²) in [5, 5.41) is 4.36. The maximum absolute atomic E-state index is 6.10. The van der Waals surface area contributed by atoms with Crippen molar-refractivity contribution in [2.45, 2.75) is 26.0 Å². The fraction of sp³-hybridized carbons (Fsp3) is 0.294. The number of anilines is 1. The number of ether oxygens (including phenoxy) is 1. The number of methoxy groups -OCH3 is 1. The Hall–Kier alpha value is -1.03. The van der Waals surface area contributed by atoms with Crippen LogP contribution in [0.25, 0.3) is 0 Å². The number of nitrogens with one attached hydrogen (secondary N) is 1. The summed E-state index contributed by atoms with van der Waals surface area (Å²) >= 11 is 9.69. The van der Waals surface area contributed by atoms with Gasteiger partial charge in [-0.3, -0.25) is 0 Å². The van der Waals surface area contributed by atoms with E-state index in [9.17, 15) is 0 Å². The molecule has 0 bridgehead atoms. The van der Waals surface area contributed by atoms with Gasteiger partial charge < -0.3 is 10.1 Å². The van der Waals surface area contributed by atoms with Crippen molar-refractivity contribution < 1.29 is 4.74 Å². The van der Waals surface area contributed by atoms with Gasteiger partial charge in [-0.1, -0.05) is 52.7 Å². The molecule has 1 unspecified atom stereocenters. The van der Waals surface area contributed by atoms with Crippen molar-refractivity contribution in [2.75, 3.05) is 12.4 Å². The van der Waals surface area contributed by atoms with E-state index in [-0.39, 0.29) is 6.04 Å². The van der Waals surface area contributed by atoms with Crippen LogP contribution in [0.4, 0.5) is 5.69 Å². The van der Waals surface area contributed by atoms with Crippen LogP contribution in [-0.2, 0) is 11.3 Å². The minimum atomic E-state index is 0.216. The largest absolute Gasteiger partial charge is 0.380 e. The van der Waals surface area contributed by atoms with Gasteiger partial charge in [0.15, 0.2) is 0 Å². The highest BCUT2D eigenvalue weighted by Gasteiger charge is 2.13. The van der Waals surface area contributed by atoms with Gasteiger partial charge in [0.25, 0.3) is 0 Å². The van der Waals surface area contributed by atoms with E-state index in [4.69, 9.17) is 16.3 Å². The summed E-state index contributed by atoms with van der Waals surface area (Å²) in [4.78, 5) is 0. The lowest BCUT2D eigenvalue weighted by molar-refractivity contribution is 0.185. The Balaban J connectivity index is 2.29. The molecule has 2 aromatic rings. The van der Waals surface area contributed by atoms with Crippen LogP contribution in [0.15, 0.2) is 46.9 Å². The van der Waals surface area contributed by atoms with Gasteiger partial charge in [0.05, 0.1) is 12.6 Å². The van der Waals surface area contributed by atoms with E-state index < -0.39 is 0 Å². The summed E-state index contributed by atoms with van der Waals surface area (Å²) in [5.41, 5.74) is 3.40. The molecule has 1 atom stereocenters. The molecule has 2 aromatic carbocycles. The predicted octanol–water partition coefficient (Wildman–Crippen LogP) is 5.81. The maximum Gasteiger partial charge on any atom is 0.0744 e. The molecule has 1 N–H and O–H groups in total. The molecule has 0 saturated heterocycles. The van der Waals surface area contributed by atoms with E-state index in [1.54, 1.807) is 7.11 Å². The van der Waals surface area contributed by atoms with Crippen molar-refractivity contribution in [2.24, 2.45) is 0 Å². The highest BCUT2D eigenvalue weighted by Crippen LogP contribution is 2.30. The second-order valence-corrected chi connectivity index (χ2v) is 6.15. The second kappa shape index (κ2) is 7.83. The van der Waals surface area contributed by atoms with Gasteiger partial charge in [-0.2, -0.15) is 0 Å². The summed E-state index contributed by atoms with van der Waals surface area (Å²) in [6.07, 6.45) is 0.972. The zero-order valence-electron chi connectivity index (χ0n) is 12.2. The molecule has 4 heteroatoms. The number of halogens is 2. The average Bonchev–Trinajstić information content (AvgIpc) is 2.48. The van der Waals surface area contributed by atoms with Crippen molar-refractivity contribution in [3.05, 3.63) is 63.1 Å². The zero-order chi connectivity index (χ0) is 15.2. The summed E-state index contributed by atoms with van der Waals surface area (Å²) in [6.45, 7) is 2.72. The van der Waals surface area contributed by atoms with Gasteiger partial charge in [0.1, 0.15) is 0 Å². The van der Waals surface area contributed by atoms with Crippen LogP contribution < -0.4 is 5.32 Å². The fourth-order valence-corrected chi connectivity index (χ4v) is 3.00. The Bertz CT molecular complexity index is 603. The zero-order valence-corrected chi connectivity index (χ0v) is 14.5. The molecule has 0 aromatic heterocycles. The first kappa shape index (κ1) is 16.3. The van der Waals surface area contributed by atoms with E-state index in [2.05, 4.69) is 40.3 Å². The van der Waals surface area contributed by atoms with Crippen LogP contribution in [0, 0.1) is 0 Å². The molecule has 2 rings (SSSR count). The summed E-state index contributed by atoms with van der Waals surface area (Å²) in [7, 11) is 1.71. The molecule has 0 aliphatic carbocycles. The third kappa shape index (κ3) is 4.22. The SMILES string of the molecule is CCC(Nc1cccc(Br)c1COC)c1cccc(Cl)c1. The molecule has 0 spiro atoms. The molecule has 0 radical (unpaired) electrons. The molecule has 0 amide bonds. The van der Waals surface area contributed by atoms with Crippen LogP contribution in [0.3, 0.4) is 0 Å². The van der Waals surface area contributed by atoms with E-state index in [0.717, 1.165) is 27.2 Å². The van der Waals surface area contributed by atoms with Gasteiger partial charge >= 0.3 is 0 Å². The van der Waals surface area contributed by atoms with Gasteiger partial charge in [0.2, 0.25) is 0 Å². The van der Waals surface area contributed by atoms with Crippen LogP contribution >= 0.6 is 27.5 Å². The van der Waals surface area contributed by atoms with Crippen molar-refractivity contribution in [1.29, 1.82) is 0 Å². The molecule has 0 aliphatic heterocycles. The summed E-state index contributed by atoms with van der Waals surface area (Å²) in [6, 6.07) is 14.3. The minimum absolute atomic E-state index is 0.216. The monoisotopic (exact) mass is 367 g/mol. The van der Waals surface area contributed by atoms with E-state index >= 15 is 0 Å². The third-order valence-electron chi connectivity index (χ3n) is 3.40. The molecule has 0 heterocycles. The molecule has 2 nitrogen and oxygen atoms in total. The Morgan fingerprint density at radius 1 is 1.24 bits per heavy atom. The highest BCUT2D eigenvalue weighted by atomic mass is 79.9. The number of benzene rings is 2. The molecular weight excluding hydrogens is 350 g/mol. The average molecular weight is 369 g/mol. The Kier molecular flexibility index (Phi) is 6.09. The van der Waals surface area contributed by atoms with Crippen molar-refractivity contribution in [3.63, 3.8) is 0 Å². The lowest BCUT2D eigenvalue weighted by Crippen LogP contribution is -2.11. The Labute approximate surface area is 139 Å². The summed E-state index contributed by atoms with van der Waals surface area (Å²) in [5.74, 6) is 0. The van der Waals surface area contributed by atoms with Crippen molar-refractivity contribution >= 4 is 33.2 Å². The second-order valence-electron chi connectivity index (χ2n) is 4.86. The highest BCUT2D eigenvalue weighted by molar-refractivity contribution is 9.10. The van der Waals surface area contributed by atoms with Crippen molar-refractivity contribution in [3.8, 4) is 0 Å². The van der Waals surface area contributed by atoms with Gasteiger partial charge in [-0.25, -0.2) is 0 Å². The predicted molar refractivity (Wildman–Crippen MR) is 93.0 cm³/mol. The smallest absolute Gasteiger partial charge is 0.0744 e. The topological polar surface area (TPSA) is 21.3 Å². The molecule has 21 heavy (non-hydrogen) atoms. The Morgan fingerprint density at radius 3 is 2.67 bits per heavy atom. The Morgan fingerprint density at radius 2 is 2.00 bits per heavy atom. The van der Waals surface area contributed by atoms with Crippen LogP contribution in [0.2, 0.25) is 5.02 Å². The normalized spacial score (nSPS) is 12.2. The fourth-order valence-electron chi connectivity index (χ4n) is 2.32. The quantitative estimate of drug-likeness (QED) is 0.694. The number of rotatable bonds is 6. The number of hydrogen-bond donors (Lipinski definition) is 1. The number of hydrogen-bond acceptors (Lipinski definition) is 2. The minimum Gasteiger partial charge on any atom is -0.380 e. The first-order chi connectivity index (χ1) is 10.2. The van der Waals surface area contributed by atoms with Gasteiger partial charge in [-0.05, 0) is 36.2 Å². The van der Waals surface area contributed by atoms with Crippen LogP contribution in [-0.4, -0.2) is 7.11 Å². The molecule has 0 aliphatic rings. The van der Waals surface area contributed by atoms with E-state index in [0.29, 0.717) is 6.61 Å². The molecule has 0 saturated carbocycles. The first-order valence-corrected chi connectivity index (χ1v) is 8.11. The van der Waals surface area contributed by atoms with Crippen LogP contribution in [0.1, 0.15) is 30.5 Å². The van der Waals surface area contributed by atoms with Crippen LogP contribution in [0.5, 0.6) is 0 Å². The third-order valence-corrected chi connectivity index (χ3v) is 4.37. The van der Waals surface area contributed by atoms with E-state index in [1.807, 2.05) is 30.3 Å². The van der Waals surface area contributed by atoms with E-state index in [1.165, 1.54) is 5.56 Å². The maximum atomic E-state index is 6.10. The lowest BCUT2D eigenvalue weighted by Gasteiger charge is -2.21. The molecule has 0 fully saturated rings. The first-order valence-electron chi connectivity index (χ1n) is 6.94. The van der Waals surface area contributed by atoms with Gasteiger partial charge in [0, 0.05) is 27.9 Å². The van der Waals surface area contributed by atoms with Gasteiger partial charge in [-0.15, -0.1) is 0 Å². The molecule has 112 valence electrons. The van der Waals surface area contributed by atoms with Crippen molar-refractivity contribution in [1.82, 2.24) is 0 Å². The standard InChI is InChI=1S/C17H19BrClNO/c1-3-16(12-6-4-7-13(19)10-12)20-17-9-5-8-15(18)14(17)11-21-2/h4-10,16,20H,3,11H2,1-2H3. The lowest BCUT2D eigenvalue weighted by atomic mass is 10.0. The summed E-state index contributed by atoms with van der Waals surface area (Å²) < 4.78 is 6.35. The molecular formula is C17H19BrClNO.